The van der Waals surface area contributed by atoms with Gasteiger partial charge in [-0.2, -0.15) is 0 Å². The van der Waals surface area contributed by atoms with Gasteiger partial charge in [0.25, 0.3) is 0 Å². The maximum absolute atomic E-state index is 2.73. The van der Waals surface area contributed by atoms with Gasteiger partial charge < -0.3 is 0 Å². The minimum absolute atomic E-state index is 0.492. The molecule has 0 radical (unpaired) electrons. The molecule has 7 fully saturated rings. The Balaban J connectivity index is 1.51. The second-order valence-electron chi connectivity index (χ2n) is 20.3. The Kier molecular flexibility index (Phi) is 4.62. The molecule has 0 atom stereocenters. The second kappa shape index (κ2) is 6.65. The van der Waals surface area contributed by atoms with Crippen LogP contribution in [0.3, 0.4) is 0 Å². The molecule has 7 aliphatic carbocycles. The third kappa shape index (κ3) is 2.85. The average molecular weight is 493 g/mol. The summed E-state index contributed by atoms with van der Waals surface area (Å²) in [4.78, 5) is 0. The van der Waals surface area contributed by atoms with Gasteiger partial charge in [0, 0.05) is 0 Å². The predicted molar refractivity (Wildman–Crippen MR) is 152 cm³/mol. The molecule has 0 aliphatic heterocycles. The first kappa shape index (κ1) is 25.0. The molecule has 0 heterocycles. The van der Waals surface area contributed by atoms with Gasteiger partial charge >= 0.3 is 0 Å². The van der Waals surface area contributed by atoms with Gasteiger partial charge in [0.1, 0.15) is 0 Å². The van der Waals surface area contributed by atoms with Crippen LogP contribution < -0.4 is 0 Å². The number of rotatable bonds is 0. The fourth-order valence-electron chi connectivity index (χ4n) is 16.9. The van der Waals surface area contributed by atoms with E-state index in [2.05, 4.69) is 83.1 Å². The van der Waals surface area contributed by atoms with Gasteiger partial charge in [-0.15, -0.1) is 0 Å². The van der Waals surface area contributed by atoms with Crippen molar-refractivity contribution >= 4 is 0 Å². The summed E-state index contributed by atoms with van der Waals surface area (Å²) in [6.45, 7) is 32.7. The standard InChI is InChI=1S/C36H60/c1-31(2)13-19-14-33(5,6)29-26-22(19)25-23-20(15-32(3,4)28(25)31)16-34(7,8)30-27(23)24(26)21(17-35(29,9)10)18-36(30,11)12/h19-30H,13-18H2,1-12H3. The average Bonchev–Trinajstić information content (AvgIpc) is 2.60. The lowest BCUT2D eigenvalue weighted by molar-refractivity contribution is -0.325. The molecule has 0 N–H and O–H groups in total. The van der Waals surface area contributed by atoms with Crippen LogP contribution in [0.5, 0.6) is 0 Å². The predicted octanol–water partition coefficient (Wildman–Crippen LogP) is 9.97. The third-order valence-electron chi connectivity index (χ3n) is 15.2. The Morgan fingerprint density at radius 2 is 0.444 bits per heavy atom. The van der Waals surface area contributed by atoms with Crippen molar-refractivity contribution < 1.29 is 0 Å². The van der Waals surface area contributed by atoms with Crippen molar-refractivity contribution in [3.05, 3.63) is 0 Å². The van der Waals surface area contributed by atoms with Gasteiger partial charge in [-0.05, 0) is 142 Å². The van der Waals surface area contributed by atoms with E-state index in [0.29, 0.717) is 32.5 Å². The number of hydrogen-bond acceptors (Lipinski definition) is 0. The summed E-state index contributed by atoms with van der Waals surface area (Å²) in [7, 11) is 0. The van der Waals surface area contributed by atoms with Crippen molar-refractivity contribution in [1.29, 1.82) is 0 Å². The SMILES string of the molecule is CC1(C)CC2CC(C)(C)C3C4C2C2C5C(CC(C)(C)C21)CC(C)(C)C1C5C4C(CC3(C)C)CC1(C)C. The summed E-state index contributed by atoms with van der Waals surface area (Å²) in [5.41, 5.74) is 2.95. The van der Waals surface area contributed by atoms with Gasteiger partial charge in [0.2, 0.25) is 0 Å². The van der Waals surface area contributed by atoms with E-state index in [9.17, 15) is 0 Å². The third-order valence-corrected chi connectivity index (χ3v) is 15.2. The summed E-state index contributed by atoms with van der Waals surface area (Å²) in [6.07, 6.45) is 9.05. The first-order valence-corrected chi connectivity index (χ1v) is 16.3. The van der Waals surface area contributed by atoms with Crippen molar-refractivity contribution in [1.82, 2.24) is 0 Å². The fraction of sp³-hybridized carbons (Fsp3) is 1.00. The largest absolute Gasteiger partial charge is 0.0596 e. The second-order valence-corrected chi connectivity index (χ2v) is 20.3. The van der Waals surface area contributed by atoms with Crippen LogP contribution in [0.15, 0.2) is 0 Å². The quantitative estimate of drug-likeness (QED) is 0.315. The summed E-state index contributed by atoms with van der Waals surface area (Å²) in [5, 5.41) is 0. The van der Waals surface area contributed by atoms with Crippen LogP contribution in [-0.2, 0) is 0 Å². The molecule has 7 rings (SSSR count). The van der Waals surface area contributed by atoms with E-state index in [0.717, 1.165) is 71.0 Å². The van der Waals surface area contributed by atoms with Crippen LogP contribution in [0.2, 0.25) is 0 Å². The molecular weight excluding hydrogens is 432 g/mol. The molecule has 0 amide bonds. The van der Waals surface area contributed by atoms with E-state index >= 15 is 0 Å². The first-order chi connectivity index (χ1) is 16.3. The van der Waals surface area contributed by atoms with Crippen LogP contribution in [0.25, 0.3) is 0 Å². The van der Waals surface area contributed by atoms with E-state index < -0.39 is 0 Å². The molecule has 204 valence electrons. The summed E-state index contributed by atoms with van der Waals surface area (Å²) >= 11 is 0. The summed E-state index contributed by atoms with van der Waals surface area (Å²) in [5.74, 6) is 11.8. The van der Waals surface area contributed by atoms with Crippen LogP contribution >= 0.6 is 0 Å². The molecule has 7 saturated carbocycles. The number of hydrogen-bond donors (Lipinski definition) is 0. The minimum Gasteiger partial charge on any atom is -0.0596 e. The molecule has 0 aromatic rings. The molecule has 0 aromatic carbocycles. The highest BCUT2D eigenvalue weighted by Gasteiger charge is 2.76. The van der Waals surface area contributed by atoms with Gasteiger partial charge in [-0.1, -0.05) is 83.1 Å². The Morgan fingerprint density at radius 3 is 0.611 bits per heavy atom. The monoisotopic (exact) mass is 492 g/mol. The molecule has 36 heavy (non-hydrogen) atoms. The molecule has 0 spiro atoms. The van der Waals surface area contributed by atoms with Crippen molar-refractivity contribution in [2.75, 3.05) is 0 Å². The van der Waals surface area contributed by atoms with Gasteiger partial charge in [-0.25, -0.2) is 0 Å². The van der Waals surface area contributed by atoms with Crippen LogP contribution in [0.1, 0.15) is 122 Å². The van der Waals surface area contributed by atoms with E-state index in [1.54, 1.807) is 0 Å². The van der Waals surface area contributed by atoms with E-state index in [1.807, 2.05) is 0 Å². The van der Waals surface area contributed by atoms with Crippen LogP contribution in [-0.4, -0.2) is 0 Å². The van der Waals surface area contributed by atoms with E-state index in [1.165, 1.54) is 38.5 Å². The smallest absolute Gasteiger partial charge is 0.0277 e. The molecule has 7 aliphatic rings. The van der Waals surface area contributed by atoms with Crippen LogP contribution in [0, 0.1) is 104 Å². The molecule has 0 unspecified atom stereocenters. The maximum Gasteiger partial charge on any atom is -0.0277 e. The van der Waals surface area contributed by atoms with Gasteiger partial charge in [0.05, 0.1) is 0 Å². The molecule has 0 bridgehead atoms. The highest BCUT2D eigenvalue weighted by molar-refractivity contribution is 5.24. The highest BCUT2D eigenvalue weighted by Crippen LogP contribution is 2.82. The Morgan fingerprint density at radius 1 is 0.278 bits per heavy atom. The van der Waals surface area contributed by atoms with Crippen molar-refractivity contribution in [2.45, 2.75) is 122 Å². The van der Waals surface area contributed by atoms with E-state index in [-0.39, 0.29) is 0 Å². The maximum atomic E-state index is 2.73. The fourth-order valence-corrected chi connectivity index (χ4v) is 16.9. The van der Waals surface area contributed by atoms with Crippen molar-refractivity contribution in [2.24, 2.45) is 104 Å². The molecule has 0 heteroatoms. The summed E-state index contributed by atoms with van der Waals surface area (Å²) < 4.78 is 0. The zero-order valence-electron chi connectivity index (χ0n) is 26.2. The first-order valence-electron chi connectivity index (χ1n) is 16.3. The highest BCUT2D eigenvalue weighted by atomic mass is 14.8. The topological polar surface area (TPSA) is 0 Å². The van der Waals surface area contributed by atoms with Gasteiger partial charge in [0.15, 0.2) is 0 Å². The Hall–Kier alpha value is 0. The summed E-state index contributed by atoms with van der Waals surface area (Å²) in [6, 6.07) is 0. The van der Waals surface area contributed by atoms with Gasteiger partial charge in [-0.3, -0.25) is 0 Å². The zero-order chi connectivity index (χ0) is 26.2. The molecule has 0 nitrogen and oxygen atoms in total. The Bertz CT molecular complexity index is 767. The van der Waals surface area contributed by atoms with E-state index in [4.69, 9.17) is 0 Å². The molecule has 0 aromatic heterocycles. The normalized spacial score (nSPS) is 57.0. The lowest BCUT2D eigenvalue weighted by atomic mass is 9.24. The van der Waals surface area contributed by atoms with Crippen molar-refractivity contribution in [3.63, 3.8) is 0 Å². The minimum atomic E-state index is 0.492. The van der Waals surface area contributed by atoms with Crippen LogP contribution in [0.4, 0.5) is 0 Å². The molecular formula is C36H60. The zero-order valence-corrected chi connectivity index (χ0v) is 26.2. The lowest BCUT2D eigenvalue weighted by Gasteiger charge is -2.80. The Labute approximate surface area is 224 Å². The molecule has 0 saturated heterocycles. The van der Waals surface area contributed by atoms with Crippen molar-refractivity contribution in [3.8, 4) is 0 Å². The lowest BCUT2D eigenvalue weighted by Crippen LogP contribution is -2.75.